The van der Waals surface area contributed by atoms with Crippen LogP contribution in [0.4, 0.5) is 0 Å². The van der Waals surface area contributed by atoms with Gasteiger partial charge in [-0.1, -0.05) is 30.3 Å². The van der Waals surface area contributed by atoms with Crippen LogP contribution in [0.1, 0.15) is 15.5 Å². The first kappa shape index (κ1) is 14.5. The van der Waals surface area contributed by atoms with E-state index in [0.29, 0.717) is 17.3 Å². The molecule has 4 rings (SSSR count). The molecule has 0 aliphatic carbocycles. The summed E-state index contributed by atoms with van der Waals surface area (Å²) in [5, 5.41) is 10.9. The Hall–Kier alpha value is -3.06. The van der Waals surface area contributed by atoms with E-state index in [1.807, 2.05) is 24.3 Å². The molecule has 0 aliphatic rings. The summed E-state index contributed by atoms with van der Waals surface area (Å²) in [4.78, 5) is 28.7. The number of H-pyrrole nitrogens is 1. The number of fused-ring (bicyclic) bond motifs is 2. The average Bonchev–Trinajstić information content (AvgIpc) is 3.03. The molecular formula is C17H12N4O2S. The van der Waals surface area contributed by atoms with Gasteiger partial charge in [0.15, 0.2) is 5.69 Å². The molecule has 2 heterocycles. The van der Waals surface area contributed by atoms with E-state index in [-0.39, 0.29) is 17.2 Å². The second-order valence-corrected chi connectivity index (χ2v) is 6.32. The highest BCUT2D eigenvalue weighted by Gasteiger charge is 2.14. The molecular weight excluding hydrogens is 324 g/mol. The number of amides is 1. The summed E-state index contributed by atoms with van der Waals surface area (Å²) in [7, 11) is 0. The summed E-state index contributed by atoms with van der Waals surface area (Å²) in [6.45, 7) is 0.313. The van der Waals surface area contributed by atoms with Crippen molar-refractivity contribution in [3.8, 4) is 0 Å². The van der Waals surface area contributed by atoms with E-state index < -0.39 is 0 Å². The molecule has 0 radical (unpaired) electrons. The zero-order valence-electron chi connectivity index (χ0n) is 12.4. The molecule has 0 fully saturated rings. The highest BCUT2D eigenvalue weighted by Crippen LogP contribution is 2.21. The normalized spacial score (nSPS) is 11.0. The molecule has 2 aromatic heterocycles. The van der Waals surface area contributed by atoms with Gasteiger partial charge in [0.2, 0.25) is 0 Å². The van der Waals surface area contributed by atoms with Crippen molar-refractivity contribution in [2.75, 3.05) is 0 Å². The van der Waals surface area contributed by atoms with Gasteiger partial charge in [-0.05, 0) is 18.2 Å². The summed E-state index contributed by atoms with van der Waals surface area (Å²) < 4.78 is 1.08. The lowest BCUT2D eigenvalue weighted by Gasteiger charge is -2.05. The van der Waals surface area contributed by atoms with Crippen molar-refractivity contribution in [2.45, 2.75) is 6.54 Å². The van der Waals surface area contributed by atoms with E-state index in [2.05, 4.69) is 20.5 Å². The minimum Gasteiger partial charge on any atom is -0.344 e. The van der Waals surface area contributed by atoms with Crippen molar-refractivity contribution in [3.05, 3.63) is 69.6 Å². The molecule has 6 nitrogen and oxygen atoms in total. The fourth-order valence-electron chi connectivity index (χ4n) is 2.52. The van der Waals surface area contributed by atoms with E-state index in [4.69, 9.17) is 0 Å². The first-order chi connectivity index (χ1) is 11.7. The van der Waals surface area contributed by atoms with Crippen LogP contribution in [0.2, 0.25) is 0 Å². The van der Waals surface area contributed by atoms with Crippen molar-refractivity contribution >= 4 is 38.2 Å². The minimum absolute atomic E-state index is 0.200. The molecule has 0 saturated carbocycles. The third kappa shape index (κ3) is 2.55. The Morgan fingerprint density at radius 3 is 2.67 bits per heavy atom. The smallest absolute Gasteiger partial charge is 0.272 e. The Balaban J connectivity index is 1.60. The summed E-state index contributed by atoms with van der Waals surface area (Å²) >= 11 is 1.54. The maximum atomic E-state index is 12.4. The van der Waals surface area contributed by atoms with Crippen LogP contribution in [0, 0.1) is 0 Å². The van der Waals surface area contributed by atoms with Gasteiger partial charge >= 0.3 is 0 Å². The van der Waals surface area contributed by atoms with Crippen LogP contribution >= 0.6 is 11.3 Å². The van der Waals surface area contributed by atoms with Crippen molar-refractivity contribution in [1.82, 2.24) is 20.5 Å². The van der Waals surface area contributed by atoms with Gasteiger partial charge in [-0.15, -0.1) is 11.3 Å². The highest BCUT2D eigenvalue weighted by molar-refractivity contribution is 7.18. The predicted molar refractivity (Wildman–Crippen MR) is 93.2 cm³/mol. The topological polar surface area (TPSA) is 87.7 Å². The van der Waals surface area contributed by atoms with Crippen LogP contribution in [-0.4, -0.2) is 21.1 Å². The summed E-state index contributed by atoms with van der Waals surface area (Å²) in [6, 6.07) is 14.7. The monoisotopic (exact) mass is 336 g/mol. The third-order valence-electron chi connectivity index (χ3n) is 3.65. The number of carbonyl (C=O) groups is 1. The number of para-hydroxylation sites is 1. The molecule has 4 aromatic rings. The van der Waals surface area contributed by atoms with Crippen molar-refractivity contribution in [3.63, 3.8) is 0 Å². The number of hydrogen-bond acceptors (Lipinski definition) is 5. The Labute approximate surface area is 140 Å². The van der Waals surface area contributed by atoms with Gasteiger partial charge in [0.25, 0.3) is 11.5 Å². The lowest BCUT2D eigenvalue weighted by atomic mass is 10.1. The number of hydrogen-bond donors (Lipinski definition) is 2. The minimum atomic E-state index is -0.346. The summed E-state index contributed by atoms with van der Waals surface area (Å²) in [5.41, 5.74) is 0.805. The number of aromatic nitrogens is 3. The number of carbonyl (C=O) groups excluding carboxylic acids is 1. The fourth-order valence-corrected chi connectivity index (χ4v) is 3.43. The van der Waals surface area contributed by atoms with Crippen LogP contribution in [0.3, 0.4) is 0 Å². The molecule has 0 bridgehead atoms. The molecule has 7 heteroatoms. The Kier molecular flexibility index (Phi) is 3.55. The predicted octanol–water partition coefficient (Wildman–Crippen LogP) is 2.46. The number of thiazole rings is 1. The second-order valence-electron chi connectivity index (χ2n) is 5.20. The number of nitrogens with one attached hydrogen (secondary N) is 2. The average molecular weight is 336 g/mol. The van der Waals surface area contributed by atoms with Gasteiger partial charge in [-0.2, -0.15) is 5.10 Å². The molecule has 0 unspecified atom stereocenters. The van der Waals surface area contributed by atoms with Gasteiger partial charge in [-0.25, -0.2) is 10.1 Å². The largest absolute Gasteiger partial charge is 0.344 e. The van der Waals surface area contributed by atoms with Crippen LogP contribution in [0.5, 0.6) is 0 Å². The fraction of sp³-hybridized carbons (Fsp3) is 0.0588. The lowest BCUT2D eigenvalue weighted by Crippen LogP contribution is -2.26. The van der Waals surface area contributed by atoms with Crippen molar-refractivity contribution in [1.29, 1.82) is 0 Å². The molecule has 0 atom stereocenters. The SMILES string of the molecule is O=C(NCc1nc2ccccc2s1)c1n[nH]c(=O)c2ccccc12. The number of nitrogens with zero attached hydrogens (tertiary/aromatic N) is 2. The quantitative estimate of drug-likeness (QED) is 0.601. The van der Waals surface area contributed by atoms with Gasteiger partial charge in [0.05, 0.1) is 22.1 Å². The summed E-state index contributed by atoms with van der Waals surface area (Å²) in [6.07, 6.45) is 0. The molecule has 0 aliphatic heterocycles. The Morgan fingerprint density at radius 1 is 1.08 bits per heavy atom. The van der Waals surface area contributed by atoms with E-state index >= 15 is 0 Å². The maximum absolute atomic E-state index is 12.4. The standard InChI is InChI=1S/C17H12N4O2S/c22-16-11-6-2-1-5-10(11)15(20-21-16)17(23)18-9-14-19-12-7-3-4-8-13(12)24-14/h1-8H,9H2,(H,18,23)(H,21,22). The summed E-state index contributed by atoms with van der Waals surface area (Å²) in [5.74, 6) is -0.346. The van der Waals surface area contributed by atoms with Crippen LogP contribution in [-0.2, 0) is 6.54 Å². The molecule has 118 valence electrons. The van der Waals surface area contributed by atoms with Crippen LogP contribution in [0.15, 0.2) is 53.3 Å². The second kappa shape index (κ2) is 5.86. The molecule has 2 aromatic carbocycles. The first-order valence-corrected chi connectivity index (χ1v) is 8.14. The number of benzene rings is 2. The van der Waals surface area contributed by atoms with E-state index in [1.54, 1.807) is 24.3 Å². The maximum Gasteiger partial charge on any atom is 0.272 e. The molecule has 2 N–H and O–H groups in total. The van der Waals surface area contributed by atoms with Gasteiger partial charge in [-0.3, -0.25) is 9.59 Å². The zero-order chi connectivity index (χ0) is 16.5. The van der Waals surface area contributed by atoms with Crippen molar-refractivity contribution < 1.29 is 4.79 Å². The molecule has 1 amide bonds. The number of aromatic amines is 1. The van der Waals surface area contributed by atoms with Gasteiger partial charge < -0.3 is 5.32 Å². The van der Waals surface area contributed by atoms with E-state index in [1.165, 1.54) is 11.3 Å². The molecule has 24 heavy (non-hydrogen) atoms. The highest BCUT2D eigenvalue weighted by atomic mass is 32.1. The Morgan fingerprint density at radius 2 is 1.83 bits per heavy atom. The molecule has 0 spiro atoms. The van der Waals surface area contributed by atoms with E-state index in [9.17, 15) is 9.59 Å². The lowest BCUT2D eigenvalue weighted by molar-refractivity contribution is 0.0946. The van der Waals surface area contributed by atoms with Gasteiger partial charge in [0.1, 0.15) is 5.01 Å². The molecule has 0 saturated heterocycles. The van der Waals surface area contributed by atoms with Crippen LogP contribution in [0.25, 0.3) is 21.0 Å². The third-order valence-corrected chi connectivity index (χ3v) is 4.69. The first-order valence-electron chi connectivity index (χ1n) is 7.32. The van der Waals surface area contributed by atoms with Gasteiger partial charge in [0, 0.05) is 5.39 Å². The zero-order valence-corrected chi connectivity index (χ0v) is 13.3. The van der Waals surface area contributed by atoms with Crippen molar-refractivity contribution in [2.24, 2.45) is 0 Å². The van der Waals surface area contributed by atoms with Crippen LogP contribution < -0.4 is 10.9 Å². The number of rotatable bonds is 3. The Bertz CT molecular complexity index is 1080. The van der Waals surface area contributed by atoms with E-state index in [0.717, 1.165) is 15.2 Å².